The lowest BCUT2D eigenvalue weighted by Gasteiger charge is -2.09. The zero-order valence-electron chi connectivity index (χ0n) is 14.5. The Balaban J connectivity index is 1.43. The number of hydrogen-bond acceptors (Lipinski definition) is 5. The summed E-state index contributed by atoms with van der Waals surface area (Å²) in [7, 11) is 0. The highest BCUT2D eigenvalue weighted by Gasteiger charge is 2.23. The Morgan fingerprint density at radius 3 is 2.85 bits per heavy atom. The Hall–Kier alpha value is -3.22. The van der Waals surface area contributed by atoms with Crippen LogP contribution in [0.4, 0.5) is 11.5 Å². The number of hydrogen-bond donors (Lipinski definition) is 1. The first-order chi connectivity index (χ1) is 12.8. The van der Waals surface area contributed by atoms with Crippen molar-refractivity contribution in [1.82, 2.24) is 29.1 Å². The molecule has 4 aromatic heterocycles. The molecular weight excluding hydrogens is 326 g/mol. The van der Waals surface area contributed by atoms with E-state index in [-0.39, 0.29) is 0 Å². The summed E-state index contributed by atoms with van der Waals surface area (Å²) in [5.74, 6) is 2.42. The van der Waals surface area contributed by atoms with Gasteiger partial charge in [0.15, 0.2) is 5.65 Å². The lowest BCUT2D eigenvalue weighted by Crippen LogP contribution is -2.02. The molecule has 0 amide bonds. The lowest BCUT2D eigenvalue weighted by molar-refractivity contribution is 0.638. The van der Waals surface area contributed by atoms with Crippen LogP contribution >= 0.6 is 0 Å². The van der Waals surface area contributed by atoms with Crippen LogP contribution in [0.5, 0.6) is 0 Å². The number of pyridine rings is 2. The van der Waals surface area contributed by atoms with Crippen molar-refractivity contribution in [3.63, 3.8) is 0 Å². The zero-order valence-corrected chi connectivity index (χ0v) is 14.5. The largest absolute Gasteiger partial charge is 0.339 e. The van der Waals surface area contributed by atoms with Crippen molar-refractivity contribution in [2.45, 2.75) is 26.3 Å². The van der Waals surface area contributed by atoms with E-state index in [1.165, 1.54) is 12.8 Å². The molecule has 5 rings (SSSR count). The van der Waals surface area contributed by atoms with E-state index < -0.39 is 0 Å². The van der Waals surface area contributed by atoms with Gasteiger partial charge in [-0.3, -0.25) is 4.57 Å². The van der Waals surface area contributed by atoms with Crippen LogP contribution in [-0.4, -0.2) is 29.1 Å². The van der Waals surface area contributed by atoms with E-state index >= 15 is 0 Å². The molecule has 0 atom stereocenters. The highest BCUT2D eigenvalue weighted by Crippen LogP contribution is 2.32. The predicted octanol–water partition coefficient (Wildman–Crippen LogP) is 3.47. The molecule has 1 aliphatic rings. The van der Waals surface area contributed by atoms with Gasteiger partial charge in [-0.05, 0) is 49.4 Å². The first-order valence-electron chi connectivity index (χ1n) is 8.80. The van der Waals surface area contributed by atoms with Crippen LogP contribution in [0.15, 0.2) is 49.4 Å². The summed E-state index contributed by atoms with van der Waals surface area (Å²) >= 11 is 0. The van der Waals surface area contributed by atoms with Gasteiger partial charge >= 0.3 is 0 Å². The Labute approximate surface area is 150 Å². The smallest absolute Gasteiger partial charge is 0.162 e. The number of nitrogens with zero attached hydrogens (tertiary/aromatic N) is 6. The van der Waals surface area contributed by atoms with E-state index in [0.717, 1.165) is 46.5 Å². The average molecular weight is 345 g/mol. The van der Waals surface area contributed by atoms with Crippen LogP contribution in [0.2, 0.25) is 0 Å². The third-order valence-corrected chi connectivity index (χ3v) is 4.70. The minimum atomic E-state index is 0.783. The predicted molar refractivity (Wildman–Crippen MR) is 99.6 cm³/mol. The number of aryl methyl sites for hydroxylation is 1. The first kappa shape index (κ1) is 15.1. The van der Waals surface area contributed by atoms with E-state index in [4.69, 9.17) is 4.98 Å². The Bertz CT molecular complexity index is 1040. The van der Waals surface area contributed by atoms with E-state index in [1.807, 2.05) is 35.3 Å². The van der Waals surface area contributed by atoms with Crippen LogP contribution in [0, 0.1) is 12.8 Å². The molecule has 0 radical (unpaired) electrons. The molecule has 1 saturated carbocycles. The molecule has 130 valence electrons. The van der Waals surface area contributed by atoms with Crippen LogP contribution in [0.1, 0.15) is 18.4 Å². The number of anilines is 2. The molecule has 0 spiro atoms. The zero-order chi connectivity index (χ0) is 17.5. The maximum atomic E-state index is 4.79. The van der Waals surface area contributed by atoms with E-state index in [2.05, 4.69) is 31.8 Å². The number of rotatable bonds is 5. The molecule has 4 heterocycles. The fourth-order valence-corrected chi connectivity index (χ4v) is 3.12. The molecule has 1 aliphatic carbocycles. The fourth-order valence-electron chi connectivity index (χ4n) is 3.12. The molecule has 4 aromatic rings. The van der Waals surface area contributed by atoms with Crippen molar-refractivity contribution in [2.75, 3.05) is 5.32 Å². The van der Waals surface area contributed by atoms with Gasteiger partial charge in [0.25, 0.3) is 0 Å². The Morgan fingerprint density at radius 2 is 2.12 bits per heavy atom. The Kier molecular flexibility index (Phi) is 3.44. The number of aromatic nitrogens is 6. The monoisotopic (exact) mass is 345 g/mol. The second-order valence-electron chi connectivity index (χ2n) is 6.84. The van der Waals surface area contributed by atoms with Crippen molar-refractivity contribution in [1.29, 1.82) is 0 Å². The van der Waals surface area contributed by atoms with Crippen LogP contribution in [0.3, 0.4) is 0 Å². The molecule has 1 N–H and O–H groups in total. The highest BCUT2D eigenvalue weighted by atomic mass is 15.1. The van der Waals surface area contributed by atoms with Gasteiger partial charge in [0, 0.05) is 18.9 Å². The molecule has 1 fully saturated rings. The summed E-state index contributed by atoms with van der Waals surface area (Å²) < 4.78 is 4.04. The molecule has 0 saturated heterocycles. The number of imidazole rings is 2. The second-order valence-corrected chi connectivity index (χ2v) is 6.84. The quantitative estimate of drug-likeness (QED) is 0.599. The van der Waals surface area contributed by atoms with Crippen molar-refractivity contribution >= 4 is 22.7 Å². The van der Waals surface area contributed by atoms with E-state index in [1.54, 1.807) is 18.7 Å². The summed E-state index contributed by atoms with van der Waals surface area (Å²) in [5, 5.41) is 3.36. The van der Waals surface area contributed by atoms with Gasteiger partial charge in [0.05, 0.1) is 18.2 Å². The van der Waals surface area contributed by atoms with Gasteiger partial charge in [0.2, 0.25) is 0 Å². The molecule has 0 bridgehead atoms. The SMILES string of the molecule is Cc1cc(Nc2ccc(-n3ccnc3)nc2)nc2c1ncn2CC1CC1. The van der Waals surface area contributed by atoms with Gasteiger partial charge in [-0.15, -0.1) is 0 Å². The summed E-state index contributed by atoms with van der Waals surface area (Å²) in [6, 6.07) is 5.97. The minimum absolute atomic E-state index is 0.783. The lowest BCUT2D eigenvalue weighted by atomic mass is 10.2. The molecule has 7 nitrogen and oxygen atoms in total. The number of fused-ring (bicyclic) bond motifs is 1. The molecule has 0 unspecified atom stereocenters. The third-order valence-electron chi connectivity index (χ3n) is 4.70. The standard InChI is InChI=1S/C19H19N7/c1-13-8-16(24-19-18(13)22-12-26(19)10-14-2-3-14)23-15-4-5-17(21-9-15)25-7-6-20-11-25/h4-9,11-12,14H,2-3,10H2,1H3,(H,23,24). The second kappa shape index (κ2) is 5.94. The Morgan fingerprint density at radius 1 is 1.19 bits per heavy atom. The maximum absolute atomic E-state index is 4.79. The molecule has 0 aliphatic heterocycles. The van der Waals surface area contributed by atoms with Gasteiger partial charge in [-0.2, -0.15) is 0 Å². The molecule has 7 heteroatoms. The summed E-state index contributed by atoms with van der Waals surface area (Å²) in [5.41, 5.74) is 3.94. The van der Waals surface area contributed by atoms with Crippen molar-refractivity contribution in [3.05, 3.63) is 55.0 Å². The van der Waals surface area contributed by atoms with Crippen LogP contribution in [0.25, 0.3) is 17.0 Å². The first-order valence-corrected chi connectivity index (χ1v) is 8.80. The van der Waals surface area contributed by atoms with Gasteiger partial charge < -0.3 is 9.88 Å². The summed E-state index contributed by atoms with van der Waals surface area (Å²) in [6.45, 7) is 3.08. The number of nitrogens with one attached hydrogen (secondary N) is 1. The van der Waals surface area contributed by atoms with Gasteiger partial charge in [-0.1, -0.05) is 0 Å². The normalized spacial score (nSPS) is 14.0. The minimum Gasteiger partial charge on any atom is -0.339 e. The molecule has 26 heavy (non-hydrogen) atoms. The average Bonchev–Trinajstić information content (AvgIpc) is 3.13. The van der Waals surface area contributed by atoms with Crippen molar-refractivity contribution in [2.24, 2.45) is 5.92 Å². The summed E-state index contributed by atoms with van der Waals surface area (Å²) in [6.07, 6.45) is 11.7. The van der Waals surface area contributed by atoms with Crippen LogP contribution < -0.4 is 5.32 Å². The maximum Gasteiger partial charge on any atom is 0.162 e. The molecular formula is C19H19N7. The topological polar surface area (TPSA) is 73.5 Å². The third kappa shape index (κ3) is 2.81. The fraction of sp³-hybridized carbons (Fsp3) is 0.263. The molecule has 0 aromatic carbocycles. The van der Waals surface area contributed by atoms with Crippen LogP contribution in [-0.2, 0) is 6.54 Å². The van der Waals surface area contributed by atoms with Gasteiger partial charge in [0.1, 0.15) is 23.5 Å². The van der Waals surface area contributed by atoms with E-state index in [0.29, 0.717) is 0 Å². The highest BCUT2D eigenvalue weighted by molar-refractivity contribution is 5.78. The summed E-state index contributed by atoms with van der Waals surface area (Å²) in [4.78, 5) is 17.8. The van der Waals surface area contributed by atoms with Crippen molar-refractivity contribution < 1.29 is 0 Å². The van der Waals surface area contributed by atoms with Gasteiger partial charge in [-0.25, -0.2) is 19.9 Å². The van der Waals surface area contributed by atoms with Crippen molar-refractivity contribution in [3.8, 4) is 5.82 Å². The van der Waals surface area contributed by atoms with E-state index in [9.17, 15) is 0 Å².